The highest BCUT2D eigenvalue weighted by Crippen LogP contribution is 2.49. The van der Waals surface area contributed by atoms with E-state index in [0.29, 0.717) is 22.4 Å². The molecule has 4 aromatic carbocycles. The molecule has 0 aliphatic rings. The minimum Gasteiger partial charge on any atom is -0.397 e. The third-order valence-corrected chi connectivity index (χ3v) is 5.91. The average molecular weight is 453 g/mol. The Morgan fingerprint density at radius 1 is 0.382 bits per heavy atom. The van der Waals surface area contributed by atoms with Gasteiger partial charge in [0.1, 0.15) is 0 Å². The second-order valence-corrected chi connectivity index (χ2v) is 7.96. The fraction of sp³-hybridized carbons (Fsp3) is 0. The lowest BCUT2D eigenvalue weighted by atomic mass is 9.83. The van der Waals surface area contributed by atoms with Crippen molar-refractivity contribution in [3.63, 3.8) is 0 Å². The molecule has 0 aliphatic carbocycles. The van der Waals surface area contributed by atoms with Gasteiger partial charge in [-0.2, -0.15) is 0 Å². The van der Waals surface area contributed by atoms with Crippen LogP contribution in [0, 0.1) is 0 Å². The summed E-state index contributed by atoms with van der Waals surface area (Å²) in [4.78, 5) is 0. The van der Waals surface area contributed by atoms with Gasteiger partial charge < -0.3 is 45.9 Å². The molecule has 8 nitrogen and oxygen atoms in total. The highest BCUT2D eigenvalue weighted by molar-refractivity contribution is 6.15. The zero-order valence-corrected chi connectivity index (χ0v) is 18.5. The fourth-order valence-electron chi connectivity index (χ4n) is 4.05. The van der Waals surface area contributed by atoms with Crippen LogP contribution in [0.25, 0.3) is 11.1 Å². The number of nitrogens with two attached hydrogens (primary N) is 8. The average Bonchev–Trinajstić information content (AvgIpc) is 2.86. The molecule has 0 radical (unpaired) electrons. The summed E-state index contributed by atoms with van der Waals surface area (Å²) >= 11 is 0. The van der Waals surface area contributed by atoms with Crippen LogP contribution in [0.5, 0.6) is 0 Å². The summed E-state index contributed by atoms with van der Waals surface area (Å²) in [6, 6.07) is 23.0. The van der Waals surface area contributed by atoms with Crippen LogP contribution >= 0.6 is 0 Å². The van der Waals surface area contributed by atoms with Gasteiger partial charge in [-0.1, -0.05) is 66.7 Å². The number of hydrogen-bond acceptors (Lipinski definition) is 8. The second-order valence-electron chi connectivity index (χ2n) is 7.96. The van der Waals surface area contributed by atoms with Gasteiger partial charge in [-0.15, -0.1) is 0 Å². The maximum Gasteiger partial charge on any atom is 0.0824 e. The van der Waals surface area contributed by atoms with Crippen molar-refractivity contribution in [1.82, 2.24) is 0 Å². The van der Waals surface area contributed by atoms with Crippen molar-refractivity contribution >= 4 is 56.6 Å². The van der Waals surface area contributed by atoms with Gasteiger partial charge in [0.05, 0.1) is 45.5 Å². The third-order valence-electron chi connectivity index (χ3n) is 5.91. The lowest BCUT2D eigenvalue weighted by Gasteiger charge is -2.24. The summed E-state index contributed by atoms with van der Waals surface area (Å²) in [6.07, 6.45) is 0. The van der Waals surface area contributed by atoms with E-state index in [2.05, 4.69) is 0 Å². The van der Waals surface area contributed by atoms with Crippen LogP contribution in [-0.2, 0) is 0 Å². The van der Waals surface area contributed by atoms with E-state index in [4.69, 9.17) is 45.9 Å². The molecule has 0 fully saturated rings. The second kappa shape index (κ2) is 8.51. The summed E-state index contributed by atoms with van der Waals surface area (Å²) in [5.41, 5.74) is 56.3. The van der Waals surface area contributed by atoms with Crippen LogP contribution in [0.4, 0.5) is 45.5 Å². The Labute approximate surface area is 197 Å². The van der Waals surface area contributed by atoms with Crippen molar-refractivity contribution in [2.24, 2.45) is 0 Å². The molecule has 34 heavy (non-hydrogen) atoms. The molecule has 16 N–H and O–H groups in total. The molecule has 0 bridgehead atoms. The van der Waals surface area contributed by atoms with Crippen LogP contribution in [0.1, 0.15) is 22.3 Å². The molecular formula is C26H28N8. The molecule has 0 unspecified atom stereocenters. The molecule has 0 heterocycles. The predicted molar refractivity (Wildman–Crippen MR) is 146 cm³/mol. The Balaban J connectivity index is 2.29. The molecule has 4 rings (SSSR count). The van der Waals surface area contributed by atoms with Crippen molar-refractivity contribution in [3.05, 3.63) is 95.1 Å². The molecule has 0 atom stereocenters. The van der Waals surface area contributed by atoms with Gasteiger partial charge in [0.2, 0.25) is 0 Å². The van der Waals surface area contributed by atoms with Gasteiger partial charge in [0, 0.05) is 16.7 Å². The Morgan fingerprint density at radius 3 is 1.29 bits per heavy atom. The zero-order chi connectivity index (χ0) is 24.6. The van der Waals surface area contributed by atoms with Crippen LogP contribution in [0.15, 0.2) is 72.8 Å². The monoisotopic (exact) mass is 452 g/mol. The van der Waals surface area contributed by atoms with Gasteiger partial charge in [-0.05, 0) is 22.8 Å². The molecule has 0 aromatic heterocycles. The number of nitrogen functional groups attached to an aromatic ring is 8. The first-order chi connectivity index (χ1) is 16.2. The van der Waals surface area contributed by atoms with E-state index in [9.17, 15) is 0 Å². The van der Waals surface area contributed by atoms with Crippen molar-refractivity contribution in [1.29, 1.82) is 0 Å². The Bertz CT molecular complexity index is 1340. The predicted octanol–water partition coefficient (Wildman–Crippen LogP) is 3.35. The Hall–Kier alpha value is -4.98. The topological polar surface area (TPSA) is 208 Å². The first-order valence-electron chi connectivity index (χ1n) is 10.5. The molecule has 0 spiro atoms. The van der Waals surface area contributed by atoms with Crippen LogP contribution in [0.3, 0.4) is 0 Å². The molecule has 0 saturated carbocycles. The Morgan fingerprint density at radius 2 is 0.824 bits per heavy atom. The highest BCUT2D eigenvalue weighted by Gasteiger charge is 2.26. The smallest absolute Gasteiger partial charge is 0.0824 e. The summed E-state index contributed by atoms with van der Waals surface area (Å²) in [6.45, 7) is 0. The highest BCUT2D eigenvalue weighted by atomic mass is 14.8. The maximum absolute atomic E-state index is 6.53. The first kappa shape index (κ1) is 22.2. The minimum atomic E-state index is 0.129. The summed E-state index contributed by atoms with van der Waals surface area (Å²) < 4.78 is 0. The van der Waals surface area contributed by atoms with Gasteiger partial charge in [-0.25, -0.2) is 0 Å². The first-order valence-corrected chi connectivity index (χ1v) is 10.5. The number of hydrogen-bond donors (Lipinski definition) is 8. The quantitative estimate of drug-likeness (QED) is 0.169. The van der Waals surface area contributed by atoms with Crippen molar-refractivity contribution in [3.8, 4) is 0 Å². The normalized spacial score (nSPS) is 10.7. The molecule has 0 saturated heterocycles. The molecule has 4 aromatic rings. The van der Waals surface area contributed by atoms with Crippen LogP contribution in [-0.4, -0.2) is 0 Å². The van der Waals surface area contributed by atoms with E-state index in [-0.39, 0.29) is 39.8 Å². The van der Waals surface area contributed by atoms with Crippen molar-refractivity contribution in [2.45, 2.75) is 0 Å². The third kappa shape index (κ3) is 3.53. The molecule has 0 amide bonds. The van der Waals surface area contributed by atoms with Gasteiger partial charge in [-0.3, -0.25) is 0 Å². The largest absolute Gasteiger partial charge is 0.397 e. The van der Waals surface area contributed by atoms with E-state index in [0.717, 1.165) is 16.7 Å². The number of benzene rings is 4. The van der Waals surface area contributed by atoms with Gasteiger partial charge >= 0.3 is 0 Å². The molecular weight excluding hydrogens is 424 g/mol. The summed E-state index contributed by atoms with van der Waals surface area (Å²) in [7, 11) is 0. The molecule has 0 aliphatic heterocycles. The fourth-order valence-corrected chi connectivity index (χ4v) is 4.05. The summed E-state index contributed by atoms with van der Waals surface area (Å²) in [5.74, 6) is 0. The van der Waals surface area contributed by atoms with Crippen molar-refractivity contribution < 1.29 is 0 Å². The van der Waals surface area contributed by atoms with E-state index >= 15 is 0 Å². The van der Waals surface area contributed by atoms with E-state index < -0.39 is 0 Å². The van der Waals surface area contributed by atoms with Crippen molar-refractivity contribution in [2.75, 3.05) is 45.9 Å². The minimum absolute atomic E-state index is 0.129. The Kier molecular flexibility index (Phi) is 5.56. The van der Waals surface area contributed by atoms with E-state index in [1.54, 1.807) is 12.1 Å². The molecule has 8 heteroatoms. The lowest BCUT2D eigenvalue weighted by molar-refractivity contribution is 1.49. The van der Waals surface area contributed by atoms with E-state index in [1.807, 2.05) is 60.7 Å². The van der Waals surface area contributed by atoms with Gasteiger partial charge in [0.25, 0.3) is 0 Å². The summed E-state index contributed by atoms with van der Waals surface area (Å²) in [5, 5.41) is 0. The zero-order valence-electron chi connectivity index (χ0n) is 18.5. The number of anilines is 8. The van der Waals surface area contributed by atoms with Crippen LogP contribution in [0.2, 0.25) is 0 Å². The SMILES string of the molecule is Nc1ccc(C(=C(c2ccccc2)c2ccccc2)c2c(N)c(N)c(N)c(N)c2N)c(N)c1N. The van der Waals surface area contributed by atoms with Crippen LogP contribution < -0.4 is 45.9 Å². The lowest BCUT2D eigenvalue weighted by Crippen LogP contribution is -2.13. The standard InChI is InChI=1S/C26H28N8/c27-16-12-11-15(20(28)21(16)29)18(19-22(30)24(32)26(34)25(33)23(19)31)17(13-7-3-1-4-8-13)14-9-5-2-6-10-14/h1-12H,27-34H2. The maximum atomic E-state index is 6.53. The molecule has 172 valence electrons. The van der Waals surface area contributed by atoms with E-state index in [1.165, 1.54) is 0 Å². The van der Waals surface area contributed by atoms with Gasteiger partial charge in [0.15, 0.2) is 0 Å². The number of rotatable bonds is 4.